The number of aromatic nitrogens is 1. The minimum atomic E-state index is -0.351. The lowest BCUT2D eigenvalue weighted by Gasteiger charge is -2.36. The number of pyridine rings is 1. The van der Waals surface area contributed by atoms with Gasteiger partial charge < -0.3 is 9.88 Å². The fraction of sp³-hybridized carbons (Fsp3) is 0.458. The molecule has 0 aliphatic heterocycles. The molecule has 1 atom stereocenters. The summed E-state index contributed by atoms with van der Waals surface area (Å²) < 4.78 is 0. The van der Waals surface area contributed by atoms with Crippen LogP contribution in [0, 0.1) is 25.2 Å². The van der Waals surface area contributed by atoms with Crippen LogP contribution in [0.25, 0.3) is 0 Å². The maximum Gasteiger partial charge on any atom is 0.266 e. The lowest BCUT2D eigenvalue weighted by Crippen LogP contribution is -2.38. The average Bonchev–Trinajstić information content (AvgIpc) is 3.53. The van der Waals surface area contributed by atoms with Crippen molar-refractivity contribution in [3.63, 3.8) is 0 Å². The number of nitrogens with one attached hydrogen (secondary N) is 1. The Morgan fingerprint density at radius 1 is 1.24 bits per heavy atom. The maximum absolute atomic E-state index is 13.3. The number of nitrogens with zero attached hydrogens (tertiary/aromatic N) is 2. The second kappa shape index (κ2) is 7.87. The third-order valence-corrected chi connectivity index (χ3v) is 6.41. The number of hydrogen-bond donors (Lipinski definition) is 1. The number of rotatable bonds is 5. The Morgan fingerprint density at radius 3 is 2.72 bits per heavy atom. The summed E-state index contributed by atoms with van der Waals surface area (Å²) in [4.78, 5) is 30.2. The Kier molecular flexibility index (Phi) is 5.27. The van der Waals surface area contributed by atoms with Crippen LogP contribution < -0.4 is 5.56 Å². The first-order chi connectivity index (χ1) is 14.0. The summed E-state index contributed by atoms with van der Waals surface area (Å²) in [5.41, 5.74) is 4.83. The van der Waals surface area contributed by atoms with Crippen LogP contribution in [0.2, 0.25) is 0 Å². The van der Waals surface area contributed by atoms with Crippen molar-refractivity contribution in [1.29, 1.82) is 5.26 Å². The summed E-state index contributed by atoms with van der Waals surface area (Å²) in [6.45, 7) is 3.64. The van der Waals surface area contributed by atoms with Crippen LogP contribution >= 0.6 is 0 Å². The molecule has 1 N–H and O–H groups in total. The van der Waals surface area contributed by atoms with Gasteiger partial charge in [0.1, 0.15) is 11.6 Å². The standard InChI is InChI=1S/C24H27N3O2/c1-15-19(16(2)26-24(29)21(15)14-25)12-13-23(28)27(18-10-11-18)22-9-5-7-17-6-3-4-8-20(17)22/h3-4,6,8,18,22H,5,7,9-13H2,1-2H3,(H,26,29). The first kappa shape index (κ1) is 19.4. The lowest BCUT2D eigenvalue weighted by atomic mass is 9.86. The lowest BCUT2D eigenvalue weighted by molar-refractivity contribution is -0.134. The van der Waals surface area contributed by atoms with Crippen LogP contribution in [0.15, 0.2) is 29.1 Å². The van der Waals surface area contributed by atoms with Gasteiger partial charge in [-0.25, -0.2) is 0 Å². The molecule has 2 aliphatic rings. The first-order valence-corrected chi connectivity index (χ1v) is 10.5. The van der Waals surface area contributed by atoms with E-state index in [2.05, 4.69) is 34.1 Å². The number of aryl methyl sites for hydroxylation is 2. The Hall–Kier alpha value is -2.87. The molecular formula is C24H27N3O2. The van der Waals surface area contributed by atoms with Crippen molar-refractivity contribution in [2.24, 2.45) is 0 Å². The fourth-order valence-electron chi connectivity index (χ4n) is 4.78. The highest BCUT2D eigenvalue weighted by atomic mass is 16.2. The first-order valence-electron chi connectivity index (χ1n) is 10.5. The molecule has 1 amide bonds. The van der Waals surface area contributed by atoms with E-state index in [1.807, 2.05) is 13.0 Å². The van der Waals surface area contributed by atoms with Crippen LogP contribution in [0.4, 0.5) is 0 Å². The zero-order valence-electron chi connectivity index (χ0n) is 17.1. The summed E-state index contributed by atoms with van der Waals surface area (Å²) in [5, 5.41) is 9.28. The van der Waals surface area contributed by atoms with Gasteiger partial charge in [-0.1, -0.05) is 24.3 Å². The molecule has 0 bridgehead atoms. The van der Waals surface area contributed by atoms with Crippen LogP contribution in [0.3, 0.4) is 0 Å². The third kappa shape index (κ3) is 3.72. The molecule has 5 heteroatoms. The number of carbonyl (C=O) groups is 1. The largest absolute Gasteiger partial charge is 0.333 e. The summed E-state index contributed by atoms with van der Waals surface area (Å²) in [6.07, 6.45) is 6.33. The molecule has 2 aromatic rings. The van der Waals surface area contributed by atoms with Crippen molar-refractivity contribution in [3.8, 4) is 6.07 Å². The molecule has 1 saturated carbocycles. The van der Waals surface area contributed by atoms with Gasteiger partial charge >= 0.3 is 0 Å². The number of amides is 1. The van der Waals surface area contributed by atoms with E-state index in [0.29, 0.717) is 24.4 Å². The summed E-state index contributed by atoms with van der Waals surface area (Å²) in [5.74, 6) is 0.178. The fourth-order valence-corrected chi connectivity index (χ4v) is 4.78. The topological polar surface area (TPSA) is 77.0 Å². The molecule has 1 unspecified atom stereocenters. The average molecular weight is 389 g/mol. The van der Waals surface area contributed by atoms with Crippen molar-refractivity contribution < 1.29 is 4.79 Å². The normalized spacial score (nSPS) is 18.0. The van der Waals surface area contributed by atoms with E-state index in [1.165, 1.54) is 11.1 Å². The van der Waals surface area contributed by atoms with Gasteiger partial charge in [0.15, 0.2) is 0 Å². The minimum Gasteiger partial charge on any atom is -0.333 e. The van der Waals surface area contributed by atoms with Crippen LogP contribution in [0.5, 0.6) is 0 Å². The monoisotopic (exact) mass is 389 g/mol. The second-order valence-corrected chi connectivity index (χ2v) is 8.31. The number of aromatic amines is 1. The van der Waals surface area contributed by atoms with E-state index in [4.69, 9.17) is 0 Å². The molecule has 0 saturated heterocycles. The van der Waals surface area contributed by atoms with Crippen LogP contribution in [-0.2, 0) is 17.6 Å². The van der Waals surface area contributed by atoms with Crippen molar-refractivity contribution in [2.45, 2.75) is 70.9 Å². The smallest absolute Gasteiger partial charge is 0.266 e. The highest BCUT2D eigenvalue weighted by Crippen LogP contribution is 2.41. The maximum atomic E-state index is 13.3. The zero-order valence-corrected chi connectivity index (χ0v) is 17.1. The quantitative estimate of drug-likeness (QED) is 0.843. The molecule has 1 aromatic heterocycles. The number of H-pyrrole nitrogens is 1. The second-order valence-electron chi connectivity index (χ2n) is 8.31. The highest BCUT2D eigenvalue weighted by molar-refractivity contribution is 5.78. The predicted octanol–water partition coefficient (Wildman–Crippen LogP) is 3.86. The molecule has 0 spiro atoms. The molecular weight excluding hydrogens is 362 g/mol. The number of benzene rings is 1. The van der Waals surface area contributed by atoms with Crippen LogP contribution in [-0.4, -0.2) is 21.8 Å². The van der Waals surface area contributed by atoms with E-state index in [0.717, 1.165) is 43.4 Å². The molecule has 4 rings (SSSR count). The predicted molar refractivity (Wildman–Crippen MR) is 112 cm³/mol. The third-order valence-electron chi connectivity index (χ3n) is 6.41. The van der Waals surface area contributed by atoms with Gasteiger partial charge in [-0.2, -0.15) is 5.26 Å². The van der Waals surface area contributed by atoms with E-state index in [-0.39, 0.29) is 23.1 Å². The molecule has 1 heterocycles. The van der Waals surface area contributed by atoms with Crippen LogP contribution in [0.1, 0.15) is 71.7 Å². The van der Waals surface area contributed by atoms with E-state index >= 15 is 0 Å². The summed E-state index contributed by atoms with van der Waals surface area (Å²) in [7, 11) is 0. The molecule has 1 aromatic carbocycles. The molecule has 0 radical (unpaired) electrons. The Labute approximate surface area is 171 Å². The van der Waals surface area contributed by atoms with E-state index in [1.54, 1.807) is 6.92 Å². The number of nitriles is 1. The minimum absolute atomic E-state index is 0.151. The SMILES string of the molecule is Cc1[nH]c(=O)c(C#N)c(C)c1CCC(=O)N(C1CC1)C1CCCc2ccccc21. The van der Waals surface area contributed by atoms with Gasteiger partial charge in [-0.05, 0) is 74.6 Å². The molecule has 2 aliphatic carbocycles. The van der Waals surface area contributed by atoms with E-state index < -0.39 is 0 Å². The zero-order chi connectivity index (χ0) is 20.5. The van der Waals surface area contributed by atoms with Gasteiger partial charge in [0.2, 0.25) is 5.91 Å². The van der Waals surface area contributed by atoms with Crippen molar-refractivity contribution >= 4 is 5.91 Å². The van der Waals surface area contributed by atoms with Gasteiger partial charge in [0.25, 0.3) is 5.56 Å². The summed E-state index contributed by atoms with van der Waals surface area (Å²) in [6, 6.07) is 11.0. The van der Waals surface area contributed by atoms with Crippen molar-refractivity contribution in [2.75, 3.05) is 0 Å². The van der Waals surface area contributed by atoms with Crippen molar-refractivity contribution in [3.05, 3.63) is 68.1 Å². The molecule has 150 valence electrons. The Balaban J connectivity index is 1.57. The van der Waals surface area contributed by atoms with Gasteiger partial charge in [-0.15, -0.1) is 0 Å². The molecule has 29 heavy (non-hydrogen) atoms. The Bertz CT molecular complexity index is 1040. The number of hydrogen-bond acceptors (Lipinski definition) is 3. The van der Waals surface area contributed by atoms with Crippen molar-refractivity contribution in [1.82, 2.24) is 9.88 Å². The Morgan fingerprint density at radius 2 is 2.00 bits per heavy atom. The molecule has 5 nitrogen and oxygen atoms in total. The van der Waals surface area contributed by atoms with Gasteiger partial charge in [0, 0.05) is 18.2 Å². The highest BCUT2D eigenvalue weighted by Gasteiger charge is 2.39. The van der Waals surface area contributed by atoms with E-state index in [9.17, 15) is 14.9 Å². The molecule has 1 fully saturated rings. The summed E-state index contributed by atoms with van der Waals surface area (Å²) >= 11 is 0. The number of carbonyl (C=O) groups excluding carboxylic acids is 1. The van der Waals surface area contributed by atoms with Gasteiger partial charge in [0.05, 0.1) is 6.04 Å². The number of fused-ring (bicyclic) bond motifs is 1. The van der Waals surface area contributed by atoms with Gasteiger partial charge in [-0.3, -0.25) is 9.59 Å².